The number of fused-ring (bicyclic) bond motifs is 4. The molecule has 0 aromatic carbocycles. The summed E-state index contributed by atoms with van der Waals surface area (Å²) in [5, 5.41) is 14.0. The molecular formula is C40H50N20O20P4. The summed E-state index contributed by atoms with van der Waals surface area (Å²) in [4.78, 5) is 80.9. The SMILES string of the molecule is Nc1ncnc2c1NCN2[C@H]1C[C@H](O)[C@@H](COP(=O)(O)O[C@H]2C[C@H](n3cnc4c(N)ncnc43)O[C@@H]2COP(=O)(O)O[C@H]2C[C@H](n3cnc4c(N)ncnc43)O[C@@H]2COP(=O)(O)O[C@H]2C[C@H](n3cnc4c(N)ncnc43)O[C@@H]2COP(=O)=O)O1. The van der Waals surface area contributed by atoms with Crippen LogP contribution in [0.4, 0.5) is 34.8 Å². The number of rotatable bonds is 22. The molecule has 5 aliphatic rings. The van der Waals surface area contributed by atoms with Crippen LogP contribution in [0.25, 0.3) is 33.5 Å². The highest BCUT2D eigenvalue weighted by Crippen LogP contribution is 2.54. The fraction of sp³-hybridized carbons (Fsp3) is 0.525. The number of nitrogens with zero attached hydrogens (tertiary/aromatic N) is 15. The Kier molecular flexibility index (Phi) is 15.9. The van der Waals surface area contributed by atoms with Gasteiger partial charge < -0.3 is 71.9 Å². The average molecular weight is 1250 g/mol. The molecule has 4 saturated heterocycles. The molecule has 0 bridgehead atoms. The van der Waals surface area contributed by atoms with Crippen LogP contribution in [0, 0.1) is 0 Å². The highest BCUT2D eigenvalue weighted by Gasteiger charge is 2.49. The highest BCUT2D eigenvalue weighted by atomic mass is 31.2. The number of anilines is 6. The van der Waals surface area contributed by atoms with E-state index >= 15 is 0 Å². The van der Waals surface area contributed by atoms with Crippen molar-refractivity contribution in [1.82, 2.24) is 68.5 Å². The number of nitrogens with two attached hydrogens (primary N) is 4. The predicted molar refractivity (Wildman–Crippen MR) is 278 cm³/mol. The van der Waals surface area contributed by atoms with Gasteiger partial charge in [-0.1, -0.05) is 0 Å². The van der Waals surface area contributed by atoms with Gasteiger partial charge in [-0.05, 0) is 0 Å². The van der Waals surface area contributed by atoms with Gasteiger partial charge in [0.15, 0.2) is 46.0 Å². The Morgan fingerprint density at radius 2 is 0.905 bits per heavy atom. The average Bonchev–Trinajstić information content (AvgIpc) is 3.39. The van der Waals surface area contributed by atoms with Crippen LogP contribution in [0.3, 0.4) is 0 Å². The van der Waals surface area contributed by atoms with Crippen LogP contribution in [-0.2, 0) is 73.4 Å². The minimum atomic E-state index is -5.33. The number of hydrogen-bond acceptors (Lipinski definition) is 34. The summed E-state index contributed by atoms with van der Waals surface area (Å²) in [7, 11) is -19.1. The van der Waals surface area contributed by atoms with Crippen molar-refractivity contribution in [3.05, 3.63) is 44.3 Å². The molecule has 450 valence electrons. The first-order valence-electron chi connectivity index (χ1n) is 25.1. The molecule has 7 aromatic heterocycles. The van der Waals surface area contributed by atoms with E-state index < -0.39 is 132 Å². The minimum absolute atomic E-state index is 0.0142. The van der Waals surface area contributed by atoms with Gasteiger partial charge in [-0.25, -0.2) is 77.6 Å². The van der Waals surface area contributed by atoms with Crippen LogP contribution in [0.5, 0.6) is 0 Å². The largest absolute Gasteiger partial charge is 0.472 e. The van der Waals surface area contributed by atoms with E-state index in [-0.39, 0.29) is 89.1 Å². The number of ether oxygens (including phenoxy) is 4. The molecule has 0 aliphatic carbocycles. The molecule has 12 rings (SSSR count). The number of phosphoric ester groups is 3. The van der Waals surface area contributed by atoms with Crippen molar-refractivity contribution < 1.29 is 93.2 Å². The van der Waals surface area contributed by atoms with Gasteiger partial charge in [0.1, 0.15) is 115 Å². The zero-order valence-corrected chi connectivity index (χ0v) is 46.5. The van der Waals surface area contributed by atoms with Gasteiger partial charge in [0.05, 0.1) is 58.2 Å². The summed E-state index contributed by atoms with van der Waals surface area (Å²) >= 11 is 0. The Morgan fingerprint density at radius 1 is 0.524 bits per heavy atom. The molecule has 3 unspecified atom stereocenters. The van der Waals surface area contributed by atoms with Crippen LogP contribution in [0.2, 0.25) is 0 Å². The van der Waals surface area contributed by atoms with E-state index in [1.165, 1.54) is 51.7 Å². The van der Waals surface area contributed by atoms with Crippen molar-refractivity contribution in [2.45, 2.75) is 99.4 Å². The van der Waals surface area contributed by atoms with Crippen molar-refractivity contribution in [2.24, 2.45) is 0 Å². The van der Waals surface area contributed by atoms with E-state index in [2.05, 4.69) is 60.1 Å². The highest BCUT2D eigenvalue weighted by molar-refractivity contribution is 7.48. The maximum Gasteiger partial charge on any atom is 0.472 e. The fourth-order valence-electron chi connectivity index (χ4n) is 10.2. The first-order chi connectivity index (χ1) is 40.2. The van der Waals surface area contributed by atoms with E-state index in [9.17, 15) is 42.6 Å². The Morgan fingerprint density at radius 3 is 1.33 bits per heavy atom. The maximum absolute atomic E-state index is 14.1. The second-order valence-electron chi connectivity index (χ2n) is 19.3. The third-order valence-corrected chi connectivity index (χ3v) is 17.5. The Balaban J connectivity index is 0.739. The third kappa shape index (κ3) is 11.9. The molecule has 0 radical (unpaired) electrons. The monoisotopic (exact) mass is 1250 g/mol. The molecule has 4 fully saturated rings. The number of nitrogens with one attached hydrogen (secondary N) is 1. The van der Waals surface area contributed by atoms with Crippen molar-refractivity contribution in [3.8, 4) is 0 Å². The zero-order chi connectivity index (χ0) is 58.8. The molecule has 5 aliphatic heterocycles. The number of phosphoric acid groups is 3. The van der Waals surface area contributed by atoms with E-state index in [1.807, 2.05) is 0 Å². The lowest BCUT2D eigenvalue weighted by molar-refractivity contribution is -0.0600. The normalized spacial score (nSPS) is 29.1. The number of nitrogen functional groups attached to an aromatic ring is 4. The molecule has 0 spiro atoms. The standard InChI is InChI=1S/C40H50N20O20P4/c41-33-29-37(49-9-45-33)57(13-53-29)25-1-17(61)21(74-25)6-71-82(64,65)79-19-3-27(59-15-55-31-35(43)47-11-51-39(31)59)76-23(19)8-73-84(68,69)80-20-4-28(60-16-56-32-36(44)48-12-52-40(32)60)77-24(20)7-72-83(66,67)78-18-2-26(75-22(18)5-70-81(62)63)58-14-54-30-34(42)46-10-50-38(30)58/h9-12,14-28,53,61H,1-8,13H2,(H,64,65)(H,66,67)(H,68,69)(H2,41,45,49)(H2,42,46,50)(H2,43,47,51)(H2,44,48,52)/t17-,18-,19-,20-,21+,22+,23+,24+,25+,26+,27+,28+/m0/s1. The summed E-state index contributed by atoms with van der Waals surface area (Å²) in [5.74, 6) is 0.728. The smallest absolute Gasteiger partial charge is 0.390 e. The fourth-order valence-corrected chi connectivity index (χ4v) is 13.3. The quantitative estimate of drug-likeness (QED) is 0.0416. The molecular weight excluding hydrogens is 1200 g/mol. The summed E-state index contributed by atoms with van der Waals surface area (Å²) in [6.07, 6.45) is -6.83. The molecule has 0 amide bonds. The van der Waals surface area contributed by atoms with Crippen molar-refractivity contribution >= 4 is 99.6 Å². The number of aliphatic hydroxyl groups excluding tert-OH is 1. The van der Waals surface area contributed by atoms with Gasteiger partial charge in [-0.15, -0.1) is 0 Å². The van der Waals surface area contributed by atoms with Crippen molar-refractivity contribution in [2.75, 3.05) is 66.2 Å². The zero-order valence-electron chi connectivity index (χ0n) is 43.0. The Labute approximate surface area is 470 Å². The van der Waals surface area contributed by atoms with Crippen molar-refractivity contribution in [3.63, 3.8) is 0 Å². The summed E-state index contributed by atoms with van der Waals surface area (Å²) in [5.41, 5.74) is 25.6. The number of hydrogen-bond donors (Lipinski definition) is 9. The van der Waals surface area contributed by atoms with Gasteiger partial charge in [0.25, 0.3) is 0 Å². The summed E-state index contributed by atoms with van der Waals surface area (Å²) in [6, 6.07) is 0. The van der Waals surface area contributed by atoms with Gasteiger partial charge in [0.2, 0.25) is 0 Å². The van der Waals surface area contributed by atoms with Gasteiger partial charge in [-0.2, -0.15) is 0 Å². The van der Waals surface area contributed by atoms with Gasteiger partial charge in [-0.3, -0.25) is 45.4 Å². The molecule has 40 nitrogen and oxygen atoms in total. The Bertz CT molecular complexity index is 3820. The second kappa shape index (κ2) is 23.1. The first-order valence-corrected chi connectivity index (χ1v) is 30.7. The number of aliphatic hydroxyl groups is 1. The molecule has 84 heavy (non-hydrogen) atoms. The Hall–Kier alpha value is -6.48. The van der Waals surface area contributed by atoms with Crippen LogP contribution in [0.1, 0.15) is 44.4 Å². The van der Waals surface area contributed by atoms with Crippen LogP contribution in [-0.4, -0.2) is 176 Å². The maximum atomic E-state index is 14.1. The molecule has 0 saturated carbocycles. The second-order valence-corrected chi connectivity index (χ2v) is 24.2. The van der Waals surface area contributed by atoms with Gasteiger partial charge >= 0.3 is 31.4 Å². The van der Waals surface area contributed by atoms with E-state index in [1.54, 1.807) is 4.90 Å². The molecule has 13 N–H and O–H groups in total. The van der Waals surface area contributed by atoms with E-state index in [0.717, 1.165) is 6.33 Å². The lowest BCUT2D eigenvalue weighted by atomic mass is 10.2. The van der Waals surface area contributed by atoms with Crippen molar-refractivity contribution in [1.29, 1.82) is 0 Å². The minimum Gasteiger partial charge on any atom is -0.390 e. The third-order valence-electron chi connectivity index (χ3n) is 14.1. The first kappa shape index (κ1) is 57.9. The number of imidazole rings is 3. The number of aromatic nitrogens is 14. The molecule has 7 aromatic rings. The molecule has 44 heteroatoms. The molecule has 12 heterocycles. The van der Waals surface area contributed by atoms with Crippen LogP contribution < -0.4 is 33.2 Å². The lowest BCUT2D eigenvalue weighted by Gasteiger charge is -2.25. The topological polar surface area (TPSA) is 544 Å². The van der Waals surface area contributed by atoms with Gasteiger partial charge in [0, 0.05) is 25.7 Å². The summed E-state index contributed by atoms with van der Waals surface area (Å²) in [6.45, 7) is -2.81. The molecule has 15 atom stereocenters. The van der Waals surface area contributed by atoms with E-state index in [0.29, 0.717) is 11.5 Å². The van der Waals surface area contributed by atoms with Crippen LogP contribution in [0.15, 0.2) is 44.3 Å². The lowest BCUT2D eigenvalue weighted by Crippen LogP contribution is -2.36. The summed E-state index contributed by atoms with van der Waals surface area (Å²) < 4.78 is 131. The van der Waals surface area contributed by atoms with Crippen LogP contribution >= 0.6 is 31.4 Å². The predicted octanol–water partition coefficient (Wildman–Crippen LogP) is 0.464. The van der Waals surface area contributed by atoms with E-state index in [4.69, 9.17) is 73.5 Å².